The van der Waals surface area contributed by atoms with Gasteiger partial charge in [-0.05, 0) is 48.2 Å². The Balaban J connectivity index is 0.000000328. The van der Waals surface area contributed by atoms with Crippen molar-refractivity contribution in [1.82, 2.24) is 14.8 Å². The molecule has 0 aliphatic heterocycles. The lowest BCUT2D eigenvalue weighted by Gasteiger charge is -2.13. The fourth-order valence-electron chi connectivity index (χ4n) is 3.05. The first-order valence-electron chi connectivity index (χ1n) is 11.3. The molecule has 186 valence electrons. The van der Waals surface area contributed by atoms with Crippen LogP contribution >= 0.6 is 12.1 Å². The molecule has 3 N–H and O–H groups in total. The summed E-state index contributed by atoms with van der Waals surface area (Å²) in [6, 6.07) is 26.7. The zero-order valence-electron chi connectivity index (χ0n) is 20.4. The van der Waals surface area contributed by atoms with E-state index in [2.05, 4.69) is 31.8 Å². The number of rotatable bonds is 11. The zero-order valence-corrected chi connectivity index (χ0v) is 21.3. The quantitative estimate of drug-likeness (QED) is 0.210. The van der Waals surface area contributed by atoms with Gasteiger partial charge in [-0.15, -0.1) is 0 Å². The lowest BCUT2D eigenvalue weighted by Crippen LogP contribution is -2.42. The normalized spacial score (nSPS) is 10.8. The molecule has 35 heavy (non-hydrogen) atoms. The molecular weight excluding hydrogens is 460 g/mol. The summed E-state index contributed by atoms with van der Waals surface area (Å²) in [5.41, 5.74) is 3.42. The minimum atomic E-state index is -0.544. The highest BCUT2D eigenvalue weighted by atomic mass is 32.2. The summed E-state index contributed by atoms with van der Waals surface area (Å²) in [6.07, 6.45) is 2.10. The van der Waals surface area contributed by atoms with Crippen LogP contribution in [0.2, 0.25) is 0 Å². The topological polar surface area (TPSA) is 82.7 Å². The molecule has 0 aromatic heterocycles. The van der Waals surface area contributed by atoms with Gasteiger partial charge >= 0.3 is 6.03 Å². The smallest absolute Gasteiger partial charge is 0.326 e. The minimum absolute atomic E-state index is 0.389. The molecule has 3 aromatic rings. The van der Waals surface area contributed by atoms with E-state index in [0.717, 1.165) is 42.7 Å². The van der Waals surface area contributed by atoms with Crippen molar-refractivity contribution in [2.24, 2.45) is 0 Å². The van der Waals surface area contributed by atoms with Gasteiger partial charge in [-0.25, -0.2) is 9.52 Å². The summed E-state index contributed by atoms with van der Waals surface area (Å²) >= 11 is 1.11. The summed E-state index contributed by atoms with van der Waals surface area (Å²) in [6.45, 7) is 0.732. The molecule has 0 heterocycles. The number of hydrogen-bond acceptors (Lipinski definition) is 6. The summed E-state index contributed by atoms with van der Waals surface area (Å²) in [5, 5.41) is 2.64. The first-order valence-corrected chi connectivity index (χ1v) is 12.1. The highest BCUT2D eigenvalue weighted by Gasteiger charge is 2.11. The van der Waals surface area contributed by atoms with Crippen LogP contribution in [0.1, 0.15) is 11.1 Å². The number of aldehydes is 1. The van der Waals surface area contributed by atoms with Gasteiger partial charge in [-0.3, -0.25) is 4.72 Å². The highest BCUT2D eigenvalue weighted by molar-refractivity contribution is 7.96. The van der Waals surface area contributed by atoms with E-state index >= 15 is 0 Å². The molecule has 1 atom stereocenters. The van der Waals surface area contributed by atoms with Gasteiger partial charge < -0.3 is 19.7 Å². The number of hydrogen-bond donors (Lipinski definition) is 3. The predicted octanol–water partition coefficient (Wildman–Crippen LogP) is 4.25. The third-order valence-electron chi connectivity index (χ3n) is 4.94. The van der Waals surface area contributed by atoms with E-state index in [1.54, 1.807) is 7.11 Å². The molecule has 0 bridgehead atoms. The number of carbonyl (C=O) groups is 2. The standard InChI is InChI=1S/C18H21N3O2S.C9H13NO/c22-14-17(13-16-9-5-2-6-10-16)20-18(23)21-24-19-12-11-15-7-3-1-4-8-15;1-10(2)8-4-6-9(11-3)7-5-8/h1-10,14,17,19H,11-13H2,(H2,20,21,23);4-7H,1-3H3. The Hall–Kier alpha value is -3.49. The number of urea groups is 1. The van der Waals surface area contributed by atoms with Crippen LogP contribution in [0.4, 0.5) is 10.5 Å². The third-order valence-corrected chi connectivity index (χ3v) is 5.58. The van der Waals surface area contributed by atoms with Gasteiger partial charge in [0.1, 0.15) is 12.0 Å². The van der Waals surface area contributed by atoms with Crippen LogP contribution in [0, 0.1) is 0 Å². The van der Waals surface area contributed by atoms with E-state index in [1.165, 1.54) is 11.3 Å². The molecular formula is C27H34N4O3S. The van der Waals surface area contributed by atoms with Gasteiger partial charge in [0, 0.05) is 38.5 Å². The van der Waals surface area contributed by atoms with Crippen molar-refractivity contribution in [2.75, 3.05) is 32.6 Å². The Labute approximate surface area is 212 Å². The molecule has 8 heteroatoms. The Morgan fingerprint density at radius 1 is 0.943 bits per heavy atom. The molecule has 7 nitrogen and oxygen atoms in total. The molecule has 1 unspecified atom stereocenters. The second kappa shape index (κ2) is 16.2. The van der Waals surface area contributed by atoms with Gasteiger partial charge in [-0.2, -0.15) is 0 Å². The number of carbonyl (C=O) groups excluding carboxylic acids is 2. The summed E-state index contributed by atoms with van der Waals surface area (Å²) in [4.78, 5) is 25.0. The molecule has 0 saturated carbocycles. The minimum Gasteiger partial charge on any atom is -0.497 e. The van der Waals surface area contributed by atoms with E-state index in [1.807, 2.05) is 86.9 Å². The number of benzene rings is 3. The molecule has 0 fully saturated rings. The number of nitrogens with one attached hydrogen (secondary N) is 3. The first-order chi connectivity index (χ1) is 17.0. The number of anilines is 1. The molecule has 0 radical (unpaired) electrons. The molecule has 0 saturated heterocycles. The van der Waals surface area contributed by atoms with Crippen molar-refractivity contribution in [3.05, 3.63) is 96.1 Å². The van der Waals surface area contributed by atoms with E-state index in [0.29, 0.717) is 6.42 Å². The maximum absolute atomic E-state index is 11.8. The van der Waals surface area contributed by atoms with Crippen LogP contribution in [-0.2, 0) is 17.6 Å². The van der Waals surface area contributed by atoms with Crippen LogP contribution in [0.15, 0.2) is 84.9 Å². The lowest BCUT2D eigenvalue weighted by molar-refractivity contribution is -0.109. The van der Waals surface area contributed by atoms with Gasteiger partial charge in [0.25, 0.3) is 0 Å². The van der Waals surface area contributed by atoms with E-state index in [-0.39, 0.29) is 6.03 Å². The fraction of sp³-hybridized carbons (Fsp3) is 0.259. The monoisotopic (exact) mass is 494 g/mol. The Morgan fingerprint density at radius 2 is 1.54 bits per heavy atom. The second-order valence-electron chi connectivity index (χ2n) is 7.83. The Bertz CT molecular complexity index is 986. The van der Waals surface area contributed by atoms with E-state index in [4.69, 9.17) is 4.74 Å². The molecule has 0 spiro atoms. The average molecular weight is 495 g/mol. The van der Waals surface area contributed by atoms with Gasteiger partial charge in [0.05, 0.1) is 13.2 Å². The number of amides is 2. The van der Waals surface area contributed by atoms with Crippen LogP contribution in [-0.4, -0.2) is 46.1 Å². The number of methoxy groups -OCH3 is 1. The average Bonchev–Trinajstić information content (AvgIpc) is 2.89. The van der Waals surface area contributed by atoms with Crippen molar-refractivity contribution >= 4 is 30.1 Å². The van der Waals surface area contributed by atoms with Crippen molar-refractivity contribution in [2.45, 2.75) is 18.9 Å². The SMILES string of the molecule is COc1ccc(N(C)C)cc1.O=CC(Cc1ccccc1)NC(=O)NSNCCc1ccccc1. The fourth-order valence-corrected chi connectivity index (χ4v) is 3.48. The summed E-state index contributed by atoms with van der Waals surface area (Å²) < 4.78 is 10.7. The van der Waals surface area contributed by atoms with Gasteiger partial charge in [0.15, 0.2) is 0 Å². The molecule has 2 amide bonds. The van der Waals surface area contributed by atoms with Crippen LogP contribution in [0.5, 0.6) is 5.75 Å². The van der Waals surface area contributed by atoms with Gasteiger partial charge in [-0.1, -0.05) is 60.7 Å². The van der Waals surface area contributed by atoms with Crippen LogP contribution in [0.25, 0.3) is 0 Å². The summed E-state index contributed by atoms with van der Waals surface area (Å²) in [7, 11) is 5.70. The maximum atomic E-state index is 11.8. The van der Waals surface area contributed by atoms with Gasteiger partial charge in [0.2, 0.25) is 0 Å². The second-order valence-corrected chi connectivity index (χ2v) is 8.53. The van der Waals surface area contributed by atoms with Crippen LogP contribution in [0.3, 0.4) is 0 Å². The maximum Gasteiger partial charge on any atom is 0.326 e. The first kappa shape index (κ1) is 27.8. The van der Waals surface area contributed by atoms with Crippen molar-refractivity contribution in [3.8, 4) is 5.75 Å². The van der Waals surface area contributed by atoms with E-state index < -0.39 is 6.04 Å². The Morgan fingerprint density at radius 3 is 2.09 bits per heavy atom. The molecule has 3 aromatic carbocycles. The molecule has 0 aliphatic carbocycles. The van der Waals surface area contributed by atoms with Crippen molar-refractivity contribution in [1.29, 1.82) is 0 Å². The molecule has 3 rings (SSSR count). The van der Waals surface area contributed by atoms with Crippen molar-refractivity contribution < 1.29 is 14.3 Å². The zero-order chi connectivity index (χ0) is 25.3. The highest BCUT2D eigenvalue weighted by Crippen LogP contribution is 2.16. The van der Waals surface area contributed by atoms with Crippen molar-refractivity contribution in [3.63, 3.8) is 0 Å². The number of nitrogens with zero attached hydrogens (tertiary/aromatic N) is 1. The molecule has 0 aliphatic rings. The third kappa shape index (κ3) is 11.5. The summed E-state index contributed by atoms with van der Waals surface area (Å²) in [5.74, 6) is 0.899. The lowest BCUT2D eigenvalue weighted by atomic mass is 10.1. The van der Waals surface area contributed by atoms with E-state index in [9.17, 15) is 9.59 Å². The largest absolute Gasteiger partial charge is 0.497 e. The Kier molecular flexibility index (Phi) is 12.8. The number of ether oxygens (including phenoxy) is 1. The predicted molar refractivity (Wildman–Crippen MR) is 145 cm³/mol. The van der Waals surface area contributed by atoms with Crippen LogP contribution < -0.4 is 24.4 Å².